The molecule has 1 N–H and O–H groups in total. The number of carbonyl (C=O) groups is 1. The molecule has 0 fully saturated rings. The van der Waals surface area contributed by atoms with E-state index in [0.29, 0.717) is 18.2 Å². The van der Waals surface area contributed by atoms with Crippen molar-refractivity contribution in [2.45, 2.75) is 19.9 Å². The third-order valence-electron chi connectivity index (χ3n) is 2.23. The minimum absolute atomic E-state index is 0.0384. The Balaban J connectivity index is 1.79. The van der Waals surface area contributed by atoms with E-state index in [1.165, 1.54) is 6.26 Å². The van der Waals surface area contributed by atoms with Crippen LogP contribution in [0.4, 0.5) is 0 Å². The molecule has 0 saturated carbocycles. The summed E-state index contributed by atoms with van der Waals surface area (Å²) in [7, 11) is 0. The molecule has 0 aliphatic carbocycles. The maximum atomic E-state index is 11.4. The molecule has 19 heavy (non-hydrogen) atoms. The molecule has 0 radical (unpaired) electrons. The number of carbonyl (C=O) groups excluding carboxylic acids is 1. The molecule has 7 heteroatoms. The van der Waals surface area contributed by atoms with Gasteiger partial charge in [-0.3, -0.25) is 4.79 Å². The zero-order valence-corrected chi connectivity index (χ0v) is 10.6. The van der Waals surface area contributed by atoms with Gasteiger partial charge in [-0.2, -0.15) is 4.98 Å². The average Bonchev–Trinajstić information content (AvgIpc) is 3.07. The van der Waals surface area contributed by atoms with Crippen LogP contribution in [0.25, 0.3) is 11.7 Å². The standard InChI is InChI=1S/C12H15N3O4/c1-2-5-17-8-11(16)13-7-10-14-12(19-15-10)9-4-3-6-18-9/h3-4,6H,2,5,7-8H2,1H3,(H,13,16). The van der Waals surface area contributed by atoms with Gasteiger partial charge < -0.3 is 19.0 Å². The van der Waals surface area contributed by atoms with Crippen LogP contribution in [0.15, 0.2) is 27.3 Å². The highest BCUT2D eigenvalue weighted by Gasteiger charge is 2.11. The first-order chi connectivity index (χ1) is 9.29. The minimum atomic E-state index is -0.210. The fourth-order valence-electron chi connectivity index (χ4n) is 1.36. The van der Waals surface area contributed by atoms with E-state index in [1.54, 1.807) is 12.1 Å². The van der Waals surface area contributed by atoms with Gasteiger partial charge >= 0.3 is 0 Å². The largest absolute Gasteiger partial charge is 0.459 e. The van der Waals surface area contributed by atoms with Gasteiger partial charge in [-0.1, -0.05) is 12.1 Å². The van der Waals surface area contributed by atoms with Crippen molar-refractivity contribution in [3.8, 4) is 11.7 Å². The molecule has 2 aromatic rings. The van der Waals surface area contributed by atoms with E-state index >= 15 is 0 Å². The number of hydrogen-bond donors (Lipinski definition) is 1. The normalized spacial score (nSPS) is 10.6. The van der Waals surface area contributed by atoms with Crippen molar-refractivity contribution in [3.05, 3.63) is 24.2 Å². The Morgan fingerprint density at radius 3 is 3.16 bits per heavy atom. The summed E-state index contributed by atoms with van der Waals surface area (Å²) in [6.07, 6.45) is 2.40. The zero-order chi connectivity index (χ0) is 13.5. The summed E-state index contributed by atoms with van der Waals surface area (Å²) >= 11 is 0. The van der Waals surface area contributed by atoms with Crippen molar-refractivity contribution in [2.24, 2.45) is 0 Å². The van der Waals surface area contributed by atoms with Crippen molar-refractivity contribution < 1.29 is 18.5 Å². The molecule has 0 aromatic carbocycles. The van der Waals surface area contributed by atoms with Gasteiger partial charge in [0.25, 0.3) is 5.89 Å². The summed E-state index contributed by atoms with van der Waals surface area (Å²) in [5.41, 5.74) is 0. The second-order valence-corrected chi connectivity index (χ2v) is 3.82. The first-order valence-corrected chi connectivity index (χ1v) is 6.00. The predicted molar refractivity (Wildman–Crippen MR) is 65.0 cm³/mol. The number of furan rings is 1. The van der Waals surface area contributed by atoms with Gasteiger partial charge in [0.15, 0.2) is 11.6 Å². The van der Waals surface area contributed by atoms with E-state index in [-0.39, 0.29) is 24.9 Å². The summed E-state index contributed by atoms with van der Waals surface area (Å²) in [5, 5.41) is 6.38. The second-order valence-electron chi connectivity index (χ2n) is 3.82. The molecule has 0 spiro atoms. The fourth-order valence-corrected chi connectivity index (χ4v) is 1.36. The lowest BCUT2D eigenvalue weighted by molar-refractivity contribution is -0.125. The zero-order valence-electron chi connectivity index (χ0n) is 10.6. The lowest BCUT2D eigenvalue weighted by Crippen LogP contribution is -2.27. The van der Waals surface area contributed by atoms with Crippen LogP contribution < -0.4 is 5.32 Å². The highest BCUT2D eigenvalue weighted by Crippen LogP contribution is 2.16. The van der Waals surface area contributed by atoms with E-state index in [9.17, 15) is 4.79 Å². The summed E-state index contributed by atoms with van der Waals surface area (Å²) in [4.78, 5) is 15.5. The number of hydrogen-bond acceptors (Lipinski definition) is 6. The lowest BCUT2D eigenvalue weighted by Gasteiger charge is -2.02. The van der Waals surface area contributed by atoms with E-state index in [2.05, 4.69) is 15.5 Å². The van der Waals surface area contributed by atoms with Crippen molar-refractivity contribution in [1.82, 2.24) is 15.5 Å². The van der Waals surface area contributed by atoms with Gasteiger partial charge in [-0.15, -0.1) is 0 Å². The molecule has 0 atom stereocenters. The van der Waals surface area contributed by atoms with Crippen molar-refractivity contribution in [3.63, 3.8) is 0 Å². The second kappa shape index (κ2) is 6.69. The molecular formula is C12H15N3O4. The lowest BCUT2D eigenvalue weighted by atomic mass is 10.4. The molecule has 0 unspecified atom stereocenters. The van der Waals surface area contributed by atoms with Crippen LogP contribution in [0, 0.1) is 0 Å². The summed E-state index contributed by atoms with van der Waals surface area (Å²) in [6.45, 7) is 2.78. The molecule has 102 valence electrons. The molecule has 7 nitrogen and oxygen atoms in total. The first-order valence-electron chi connectivity index (χ1n) is 6.00. The summed E-state index contributed by atoms with van der Waals surface area (Å²) < 4.78 is 15.2. The number of ether oxygens (including phenoxy) is 1. The van der Waals surface area contributed by atoms with Gasteiger partial charge in [0.1, 0.15) is 6.61 Å². The average molecular weight is 265 g/mol. The Morgan fingerprint density at radius 1 is 1.53 bits per heavy atom. The van der Waals surface area contributed by atoms with Crippen molar-refractivity contribution in [1.29, 1.82) is 0 Å². The molecule has 0 bridgehead atoms. The Labute approximate surface area is 109 Å². The number of amides is 1. The van der Waals surface area contributed by atoms with E-state index in [1.807, 2.05) is 6.92 Å². The van der Waals surface area contributed by atoms with Crippen molar-refractivity contribution in [2.75, 3.05) is 13.2 Å². The van der Waals surface area contributed by atoms with E-state index in [4.69, 9.17) is 13.7 Å². The van der Waals surface area contributed by atoms with E-state index < -0.39 is 0 Å². The highest BCUT2D eigenvalue weighted by molar-refractivity contribution is 5.77. The Kier molecular flexibility index (Phi) is 4.68. The first kappa shape index (κ1) is 13.3. The Bertz CT molecular complexity index is 507. The monoisotopic (exact) mass is 265 g/mol. The van der Waals surface area contributed by atoms with Crippen LogP contribution >= 0.6 is 0 Å². The third-order valence-corrected chi connectivity index (χ3v) is 2.23. The smallest absolute Gasteiger partial charge is 0.293 e. The highest BCUT2D eigenvalue weighted by atomic mass is 16.5. The molecule has 2 aromatic heterocycles. The van der Waals surface area contributed by atoms with Gasteiger partial charge in [0.2, 0.25) is 5.91 Å². The Hall–Kier alpha value is -2.15. The van der Waals surface area contributed by atoms with Gasteiger partial charge in [-0.25, -0.2) is 0 Å². The van der Waals surface area contributed by atoms with Crippen LogP contribution in [0.1, 0.15) is 19.2 Å². The van der Waals surface area contributed by atoms with Crippen molar-refractivity contribution >= 4 is 5.91 Å². The molecule has 2 heterocycles. The topological polar surface area (TPSA) is 90.4 Å². The molecule has 0 aliphatic rings. The van der Waals surface area contributed by atoms with Gasteiger partial charge in [0, 0.05) is 6.61 Å². The van der Waals surface area contributed by atoms with Gasteiger partial charge in [0.05, 0.1) is 12.8 Å². The number of rotatable bonds is 7. The van der Waals surface area contributed by atoms with Crippen LogP contribution in [-0.2, 0) is 16.1 Å². The Morgan fingerprint density at radius 2 is 2.42 bits per heavy atom. The maximum absolute atomic E-state index is 11.4. The number of nitrogens with one attached hydrogen (secondary N) is 1. The fraction of sp³-hybridized carbons (Fsp3) is 0.417. The van der Waals surface area contributed by atoms with Crippen LogP contribution in [-0.4, -0.2) is 29.3 Å². The molecule has 1 amide bonds. The van der Waals surface area contributed by atoms with E-state index in [0.717, 1.165) is 6.42 Å². The predicted octanol–water partition coefficient (Wildman–Crippen LogP) is 1.37. The van der Waals surface area contributed by atoms with Crippen LogP contribution in [0.2, 0.25) is 0 Å². The molecule has 2 rings (SSSR count). The molecule has 0 aliphatic heterocycles. The minimum Gasteiger partial charge on any atom is -0.459 e. The van der Waals surface area contributed by atoms with Crippen LogP contribution in [0.5, 0.6) is 0 Å². The van der Waals surface area contributed by atoms with Crippen LogP contribution in [0.3, 0.4) is 0 Å². The summed E-state index contributed by atoms with van der Waals surface area (Å²) in [5.74, 6) is 0.959. The SMILES string of the molecule is CCCOCC(=O)NCc1noc(-c2ccco2)n1. The number of nitrogens with zero attached hydrogens (tertiary/aromatic N) is 2. The number of aromatic nitrogens is 2. The maximum Gasteiger partial charge on any atom is 0.293 e. The molecular weight excluding hydrogens is 250 g/mol. The van der Waals surface area contributed by atoms with Gasteiger partial charge in [-0.05, 0) is 18.6 Å². The quantitative estimate of drug-likeness (QED) is 0.760. The summed E-state index contributed by atoms with van der Waals surface area (Å²) in [6, 6.07) is 3.44. The third kappa shape index (κ3) is 3.92. The molecule has 0 saturated heterocycles.